The van der Waals surface area contributed by atoms with Crippen LogP contribution in [0.1, 0.15) is 19.5 Å². The van der Waals surface area contributed by atoms with E-state index in [9.17, 15) is 9.50 Å². The van der Waals surface area contributed by atoms with Crippen LogP contribution in [0.25, 0.3) is 0 Å². The van der Waals surface area contributed by atoms with Crippen LogP contribution >= 0.6 is 0 Å². The Bertz CT molecular complexity index is 869. The van der Waals surface area contributed by atoms with Gasteiger partial charge < -0.3 is 24.2 Å². The fourth-order valence-electron chi connectivity index (χ4n) is 3.40. The Labute approximate surface area is 161 Å². The number of anilines is 1. The normalized spacial score (nSPS) is 20.5. The first-order chi connectivity index (χ1) is 13.3. The van der Waals surface area contributed by atoms with E-state index < -0.39 is 11.4 Å². The highest BCUT2D eigenvalue weighted by Gasteiger charge is 2.57. The number of hydrogen-bond acceptors (Lipinski definition) is 9. The summed E-state index contributed by atoms with van der Waals surface area (Å²) in [7, 11) is 1.37. The highest BCUT2D eigenvalue weighted by Crippen LogP contribution is 2.45. The van der Waals surface area contributed by atoms with Crippen molar-refractivity contribution in [3.63, 3.8) is 0 Å². The first-order valence-corrected chi connectivity index (χ1v) is 8.91. The van der Waals surface area contributed by atoms with Gasteiger partial charge in [0.1, 0.15) is 24.6 Å². The summed E-state index contributed by atoms with van der Waals surface area (Å²) in [6.07, 6.45) is 4.15. The molecule has 2 aromatic heterocycles. The van der Waals surface area contributed by atoms with Crippen LogP contribution in [-0.4, -0.2) is 64.6 Å². The van der Waals surface area contributed by atoms with Gasteiger partial charge >= 0.3 is 0 Å². The quantitative estimate of drug-likeness (QED) is 0.770. The molecule has 2 aliphatic heterocycles. The Kier molecular flexibility index (Phi) is 4.54. The molecular weight excluding hydrogens is 369 g/mol. The molecule has 2 saturated heterocycles. The van der Waals surface area contributed by atoms with Crippen molar-refractivity contribution < 1.29 is 23.7 Å². The van der Waals surface area contributed by atoms with Crippen LogP contribution in [0.2, 0.25) is 0 Å². The summed E-state index contributed by atoms with van der Waals surface area (Å²) in [5, 5.41) is 10.0. The molecule has 1 spiro atoms. The van der Waals surface area contributed by atoms with E-state index in [0.717, 1.165) is 0 Å². The number of aromatic nitrogens is 4. The van der Waals surface area contributed by atoms with Gasteiger partial charge in [-0.3, -0.25) is 4.98 Å². The summed E-state index contributed by atoms with van der Waals surface area (Å²) in [6, 6.07) is 0. The molecule has 2 fully saturated rings. The highest BCUT2D eigenvalue weighted by atomic mass is 19.1. The van der Waals surface area contributed by atoms with E-state index in [1.807, 2.05) is 4.90 Å². The number of rotatable bonds is 6. The molecule has 28 heavy (non-hydrogen) atoms. The smallest absolute Gasteiger partial charge is 0.255 e. The van der Waals surface area contributed by atoms with E-state index in [4.69, 9.17) is 14.2 Å². The second-order valence-electron chi connectivity index (χ2n) is 7.65. The Hall–Kier alpha value is -2.59. The van der Waals surface area contributed by atoms with E-state index in [1.54, 1.807) is 13.8 Å². The molecule has 1 N–H and O–H groups in total. The number of halogens is 1. The first-order valence-electron chi connectivity index (χ1n) is 8.91. The molecule has 2 aliphatic rings. The summed E-state index contributed by atoms with van der Waals surface area (Å²) in [4.78, 5) is 18.0. The third-order valence-corrected chi connectivity index (χ3v) is 5.12. The Balaban J connectivity index is 1.37. The predicted molar refractivity (Wildman–Crippen MR) is 95.7 cm³/mol. The molecule has 150 valence electrons. The Morgan fingerprint density at radius 3 is 2.79 bits per heavy atom. The van der Waals surface area contributed by atoms with Crippen LogP contribution in [0.5, 0.6) is 11.8 Å². The predicted octanol–water partition coefficient (Wildman–Crippen LogP) is 0.926. The minimum atomic E-state index is -1.10. The zero-order chi connectivity index (χ0) is 19.9. The number of ether oxygens (including phenoxy) is 3. The van der Waals surface area contributed by atoms with Crippen molar-refractivity contribution in [2.45, 2.75) is 25.6 Å². The number of nitrogens with zero attached hydrogens (tertiary/aromatic N) is 5. The molecule has 0 aliphatic carbocycles. The van der Waals surface area contributed by atoms with Crippen LogP contribution in [0, 0.1) is 11.2 Å². The van der Waals surface area contributed by atoms with Gasteiger partial charge in [-0.1, -0.05) is 0 Å². The SMILES string of the molecule is COc1ncnc(N2CC3(COC3COc3cncc(C(C)(C)O)n3)C2)c1F. The van der Waals surface area contributed by atoms with E-state index >= 15 is 0 Å². The third-order valence-electron chi connectivity index (χ3n) is 5.12. The van der Waals surface area contributed by atoms with Gasteiger partial charge in [-0.25, -0.2) is 9.97 Å². The third kappa shape index (κ3) is 3.22. The molecule has 0 amide bonds. The minimum absolute atomic E-state index is 0.0686. The van der Waals surface area contributed by atoms with Crippen molar-refractivity contribution in [1.82, 2.24) is 19.9 Å². The molecule has 2 aromatic rings. The zero-order valence-electron chi connectivity index (χ0n) is 15.9. The average Bonchev–Trinajstić information content (AvgIpc) is 2.61. The van der Waals surface area contributed by atoms with Gasteiger partial charge in [0.25, 0.3) is 5.88 Å². The molecule has 1 unspecified atom stereocenters. The zero-order valence-corrected chi connectivity index (χ0v) is 15.9. The lowest BCUT2D eigenvalue weighted by Gasteiger charge is -2.59. The Morgan fingerprint density at radius 1 is 1.36 bits per heavy atom. The lowest BCUT2D eigenvalue weighted by Crippen LogP contribution is -2.72. The van der Waals surface area contributed by atoms with Gasteiger partial charge in [0.2, 0.25) is 11.7 Å². The molecule has 1 atom stereocenters. The minimum Gasteiger partial charge on any atom is -0.479 e. The van der Waals surface area contributed by atoms with Crippen LogP contribution in [0.3, 0.4) is 0 Å². The van der Waals surface area contributed by atoms with Crippen molar-refractivity contribution in [1.29, 1.82) is 0 Å². The molecule has 0 saturated carbocycles. The monoisotopic (exact) mass is 391 g/mol. The highest BCUT2D eigenvalue weighted by molar-refractivity contribution is 5.47. The van der Waals surface area contributed by atoms with Gasteiger partial charge in [0.05, 0.1) is 37.2 Å². The second-order valence-corrected chi connectivity index (χ2v) is 7.65. The van der Waals surface area contributed by atoms with Crippen LogP contribution in [0.4, 0.5) is 10.2 Å². The van der Waals surface area contributed by atoms with Crippen molar-refractivity contribution in [2.75, 3.05) is 38.3 Å². The standard InChI is InChI=1S/C18H22FN5O4/c1-17(2,25)11-4-20-5-13(23-11)27-6-12-18(9-28-12)7-24(8-18)15-14(19)16(26-3)22-10-21-15/h4-5,10,12,25H,6-9H2,1-3H3. The van der Waals surface area contributed by atoms with Crippen molar-refractivity contribution in [3.05, 3.63) is 30.2 Å². The lowest BCUT2D eigenvalue weighted by molar-refractivity contribution is -0.209. The molecule has 0 bridgehead atoms. The summed E-state index contributed by atoms with van der Waals surface area (Å²) in [5.41, 5.74) is -0.777. The van der Waals surface area contributed by atoms with Gasteiger partial charge in [-0.2, -0.15) is 9.37 Å². The van der Waals surface area contributed by atoms with Crippen molar-refractivity contribution in [2.24, 2.45) is 5.41 Å². The van der Waals surface area contributed by atoms with Gasteiger partial charge in [0, 0.05) is 13.1 Å². The van der Waals surface area contributed by atoms with E-state index in [0.29, 0.717) is 37.9 Å². The van der Waals surface area contributed by atoms with Crippen LogP contribution < -0.4 is 14.4 Å². The molecule has 9 nitrogen and oxygen atoms in total. The van der Waals surface area contributed by atoms with Gasteiger partial charge in [0.15, 0.2) is 5.82 Å². The number of methoxy groups -OCH3 is 1. The summed E-state index contributed by atoms with van der Waals surface area (Å²) >= 11 is 0. The molecular formula is C18H22FN5O4. The van der Waals surface area contributed by atoms with Crippen molar-refractivity contribution >= 4 is 5.82 Å². The van der Waals surface area contributed by atoms with Crippen LogP contribution in [-0.2, 0) is 10.3 Å². The molecule has 4 rings (SSSR count). The topological polar surface area (TPSA) is 103 Å². The first kappa shape index (κ1) is 18.8. The van der Waals surface area contributed by atoms with Crippen LogP contribution in [0.15, 0.2) is 18.7 Å². The summed E-state index contributed by atoms with van der Waals surface area (Å²) in [6.45, 7) is 5.36. The Morgan fingerprint density at radius 2 is 2.14 bits per heavy atom. The molecule has 0 radical (unpaired) electrons. The fraction of sp³-hybridized carbons (Fsp3) is 0.556. The van der Waals surface area contributed by atoms with E-state index in [2.05, 4.69) is 19.9 Å². The maximum absolute atomic E-state index is 14.3. The summed E-state index contributed by atoms with van der Waals surface area (Å²) < 4.78 is 30.6. The number of hydrogen-bond donors (Lipinski definition) is 1. The van der Waals surface area contributed by atoms with Gasteiger partial charge in [-0.05, 0) is 13.8 Å². The fourth-order valence-corrected chi connectivity index (χ4v) is 3.40. The second kappa shape index (κ2) is 6.78. The van der Waals surface area contributed by atoms with Gasteiger partial charge in [-0.15, -0.1) is 0 Å². The van der Waals surface area contributed by atoms with E-state index in [1.165, 1.54) is 25.8 Å². The summed E-state index contributed by atoms with van der Waals surface area (Å²) in [5.74, 6) is -0.0756. The molecule has 10 heteroatoms. The number of aliphatic hydroxyl groups is 1. The molecule has 4 heterocycles. The maximum Gasteiger partial charge on any atom is 0.255 e. The average molecular weight is 391 g/mol. The van der Waals surface area contributed by atoms with E-state index in [-0.39, 0.29) is 23.2 Å². The largest absolute Gasteiger partial charge is 0.479 e. The maximum atomic E-state index is 14.3. The molecule has 0 aromatic carbocycles. The van der Waals surface area contributed by atoms with Crippen molar-refractivity contribution in [3.8, 4) is 11.8 Å². The lowest BCUT2D eigenvalue weighted by atomic mass is 9.71.